The molecule has 17 heteroatoms. The second-order valence-corrected chi connectivity index (χ2v) is 23.1. The van der Waals surface area contributed by atoms with Crippen molar-refractivity contribution in [2.24, 2.45) is 10.8 Å². The Bertz CT molecular complexity index is 2750. The highest BCUT2D eigenvalue weighted by molar-refractivity contribution is 5.95. The third kappa shape index (κ3) is 14.8. The van der Waals surface area contributed by atoms with Gasteiger partial charge < -0.3 is 29.7 Å². The van der Waals surface area contributed by atoms with Gasteiger partial charge in [-0.15, -0.1) is 0 Å². The molecule has 5 heterocycles. The highest BCUT2D eigenvalue weighted by atomic mass is 19.1. The number of rotatable bonds is 12. The molecule has 15 nitrogen and oxygen atoms in total. The molecule has 4 aliphatic heterocycles. The number of H-pyrrole nitrogens is 1. The molecular weight excluding hydrogens is 995 g/mol. The summed E-state index contributed by atoms with van der Waals surface area (Å²) in [5.74, 6) is -0.801. The number of carbonyl (C=O) groups is 5. The van der Waals surface area contributed by atoms with E-state index in [1.165, 1.54) is 12.5 Å². The van der Waals surface area contributed by atoms with Crippen molar-refractivity contribution in [1.29, 1.82) is 0 Å². The van der Waals surface area contributed by atoms with E-state index in [0.29, 0.717) is 92.8 Å². The molecule has 5 aliphatic rings. The van der Waals surface area contributed by atoms with Crippen molar-refractivity contribution < 1.29 is 37.5 Å². The number of piperazine rings is 1. The highest BCUT2D eigenvalue weighted by Crippen LogP contribution is 2.40. The number of aromatic amines is 1. The van der Waals surface area contributed by atoms with Crippen LogP contribution in [-0.4, -0.2) is 155 Å². The Morgan fingerprint density at radius 1 is 0.782 bits per heavy atom. The fourth-order valence-corrected chi connectivity index (χ4v) is 12.0. The molecule has 0 radical (unpaired) electrons. The van der Waals surface area contributed by atoms with Crippen molar-refractivity contribution in [2.45, 2.75) is 150 Å². The Morgan fingerprint density at radius 3 is 2.08 bits per heavy atom. The first-order valence-corrected chi connectivity index (χ1v) is 28.6. The van der Waals surface area contributed by atoms with Crippen molar-refractivity contribution in [3.8, 4) is 0 Å². The molecule has 0 spiro atoms. The standard InChI is InChI=1S/C42H54FN7O6.C17H24FNO.C2H6/c1-42(15-5-2-6-16-42)38(44-28-51)41(55)49-19-13-31(14-20-49)56-30-11-17-47(18-12-30)27-37(52)48-21-23-50(24-22-48)40(54)34-25-29(9-10-35(34)43)26-36-32-7-3-4-8-33(32)39(53)46-45-36;1-12-7-5-9-14(15(12)18)13-8-6-10-19(11-13)16(20)17(2,3)4;1-2/h3-4,7-10,25,28,30-31,38H,2,5-6,11-24,26-27H2,1H3,(H,44,51)(H,46,53);5,7,9,13H,6,8,10-11H2,1-4H3;1-2H3. The van der Waals surface area contributed by atoms with Crippen LogP contribution in [0, 0.1) is 29.4 Å². The molecule has 4 aromatic rings. The second kappa shape index (κ2) is 27.2. The van der Waals surface area contributed by atoms with Crippen LogP contribution < -0.4 is 10.9 Å². The quantitative estimate of drug-likeness (QED) is 0.132. The molecule has 9 rings (SSSR count). The predicted molar refractivity (Wildman–Crippen MR) is 299 cm³/mol. The zero-order valence-corrected chi connectivity index (χ0v) is 47.2. The number of aryl methyl sites for hydroxylation is 1. The second-order valence-electron chi connectivity index (χ2n) is 23.1. The van der Waals surface area contributed by atoms with Gasteiger partial charge in [0.1, 0.15) is 17.7 Å². The third-order valence-corrected chi connectivity index (χ3v) is 16.5. The summed E-state index contributed by atoms with van der Waals surface area (Å²) in [6.45, 7) is 19.6. The lowest BCUT2D eigenvalue weighted by Gasteiger charge is -2.43. The van der Waals surface area contributed by atoms with E-state index >= 15 is 0 Å². The summed E-state index contributed by atoms with van der Waals surface area (Å²) in [5.41, 5.74) is 1.89. The van der Waals surface area contributed by atoms with E-state index in [1.54, 1.807) is 47.1 Å². The van der Waals surface area contributed by atoms with E-state index in [0.717, 1.165) is 89.4 Å². The van der Waals surface area contributed by atoms with Crippen LogP contribution in [0.4, 0.5) is 8.78 Å². The van der Waals surface area contributed by atoms with E-state index < -0.39 is 17.8 Å². The van der Waals surface area contributed by atoms with Gasteiger partial charge in [-0.2, -0.15) is 5.10 Å². The number of piperidine rings is 3. The topological polar surface area (TPSA) is 169 Å². The van der Waals surface area contributed by atoms with Gasteiger partial charge in [0.2, 0.25) is 24.1 Å². The normalized spacial score (nSPS) is 19.9. The maximum absolute atomic E-state index is 15.0. The van der Waals surface area contributed by atoms with Crippen molar-refractivity contribution in [3.63, 3.8) is 0 Å². The molecule has 2 N–H and O–H groups in total. The Hall–Kier alpha value is -6.07. The Kier molecular flexibility index (Phi) is 20.8. The number of benzene rings is 3. The lowest BCUT2D eigenvalue weighted by Crippen LogP contribution is -2.56. The number of carbonyl (C=O) groups excluding carboxylic acids is 5. The van der Waals surface area contributed by atoms with Gasteiger partial charge in [-0.05, 0) is 98.6 Å². The molecule has 1 aliphatic carbocycles. The summed E-state index contributed by atoms with van der Waals surface area (Å²) in [7, 11) is 0. The summed E-state index contributed by atoms with van der Waals surface area (Å²) in [4.78, 5) is 85.7. The summed E-state index contributed by atoms with van der Waals surface area (Å²) in [6.07, 6.45) is 11.5. The molecule has 0 bridgehead atoms. The lowest BCUT2D eigenvalue weighted by atomic mass is 9.70. The van der Waals surface area contributed by atoms with Gasteiger partial charge in [0.15, 0.2) is 0 Å². The third-order valence-electron chi connectivity index (χ3n) is 16.5. The Balaban J connectivity index is 0.000000335. The zero-order chi connectivity index (χ0) is 56.1. The Morgan fingerprint density at radius 2 is 1.42 bits per heavy atom. The van der Waals surface area contributed by atoms with Gasteiger partial charge in [-0.1, -0.05) is 103 Å². The van der Waals surface area contributed by atoms with E-state index in [1.807, 2.05) is 68.7 Å². The summed E-state index contributed by atoms with van der Waals surface area (Å²) >= 11 is 0. The minimum absolute atomic E-state index is 0.0202. The highest BCUT2D eigenvalue weighted by Gasteiger charge is 2.43. The molecule has 78 heavy (non-hydrogen) atoms. The minimum atomic E-state index is -0.606. The van der Waals surface area contributed by atoms with Crippen LogP contribution in [0.1, 0.15) is 151 Å². The fourth-order valence-electron chi connectivity index (χ4n) is 12.0. The van der Waals surface area contributed by atoms with E-state index in [9.17, 15) is 37.5 Å². The zero-order valence-electron chi connectivity index (χ0n) is 47.2. The van der Waals surface area contributed by atoms with Crippen LogP contribution in [-0.2, 0) is 30.3 Å². The SMILES string of the molecule is CC.CC1(C(NC=O)C(=O)N2CCC(OC3CCN(CC(=O)N4CCN(C(=O)c5cc(Cc6n[nH]c(=O)c7ccccc67)ccc5F)CC4)CC3)CC2)CCCCC1.Cc1cccc(C2CCCN(C(=O)C(C)(C)C)C2)c1F. The van der Waals surface area contributed by atoms with Gasteiger partial charge >= 0.3 is 0 Å². The van der Waals surface area contributed by atoms with Gasteiger partial charge in [0, 0.05) is 88.6 Å². The van der Waals surface area contributed by atoms with Crippen LogP contribution in [0.15, 0.2) is 65.5 Å². The number of amides is 5. The maximum Gasteiger partial charge on any atom is 0.272 e. The van der Waals surface area contributed by atoms with Crippen LogP contribution in [0.2, 0.25) is 0 Å². The lowest BCUT2D eigenvalue weighted by molar-refractivity contribution is -0.143. The first-order valence-electron chi connectivity index (χ1n) is 28.6. The molecule has 2 unspecified atom stereocenters. The number of halogens is 2. The van der Waals surface area contributed by atoms with Crippen molar-refractivity contribution in [1.82, 2.24) is 40.0 Å². The van der Waals surface area contributed by atoms with Gasteiger partial charge in [0.25, 0.3) is 11.5 Å². The number of aromatic nitrogens is 2. The Labute approximate surface area is 459 Å². The number of hydrogen-bond donors (Lipinski definition) is 2. The maximum atomic E-state index is 15.0. The number of ether oxygens (including phenoxy) is 1. The molecule has 2 atom stereocenters. The number of likely N-dealkylation sites (tertiary alicyclic amines) is 3. The van der Waals surface area contributed by atoms with Gasteiger partial charge in [-0.25, -0.2) is 13.9 Å². The molecular formula is C61H84F2N8O7. The summed E-state index contributed by atoms with van der Waals surface area (Å²) < 4.78 is 35.7. The molecule has 5 amide bonds. The fraction of sp³-hybridized carbons (Fsp3) is 0.590. The summed E-state index contributed by atoms with van der Waals surface area (Å²) in [5, 5.41) is 10.8. The number of fused-ring (bicyclic) bond motifs is 1. The molecule has 424 valence electrons. The number of nitrogens with one attached hydrogen (secondary N) is 2. The van der Waals surface area contributed by atoms with Crippen molar-refractivity contribution >= 4 is 40.8 Å². The molecule has 4 saturated heterocycles. The molecule has 1 saturated carbocycles. The number of nitrogens with zero attached hydrogens (tertiary/aromatic N) is 6. The van der Waals surface area contributed by atoms with Gasteiger partial charge in [0.05, 0.1) is 35.4 Å². The molecule has 3 aromatic carbocycles. The summed E-state index contributed by atoms with van der Waals surface area (Å²) in [6, 6.07) is 16.7. The van der Waals surface area contributed by atoms with Crippen molar-refractivity contribution in [3.05, 3.63) is 111 Å². The van der Waals surface area contributed by atoms with Crippen LogP contribution >= 0.6 is 0 Å². The van der Waals surface area contributed by atoms with E-state index in [4.69, 9.17) is 4.74 Å². The molecule has 1 aromatic heterocycles. The largest absolute Gasteiger partial charge is 0.375 e. The van der Waals surface area contributed by atoms with Crippen LogP contribution in [0.5, 0.6) is 0 Å². The van der Waals surface area contributed by atoms with Crippen LogP contribution in [0.3, 0.4) is 0 Å². The average molecular weight is 1080 g/mol. The van der Waals surface area contributed by atoms with Gasteiger partial charge in [-0.3, -0.25) is 33.7 Å². The first-order chi connectivity index (χ1) is 37.4. The van der Waals surface area contributed by atoms with E-state index in [-0.39, 0.29) is 63.6 Å². The minimum Gasteiger partial charge on any atom is -0.375 e. The number of hydrogen-bond acceptors (Lipinski definition) is 9. The van der Waals surface area contributed by atoms with Crippen LogP contribution in [0.25, 0.3) is 10.8 Å². The first kappa shape index (κ1) is 59.6. The predicted octanol–water partition coefficient (Wildman–Crippen LogP) is 8.41. The monoisotopic (exact) mass is 1080 g/mol. The van der Waals surface area contributed by atoms with Crippen molar-refractivity contribution in [2.75, 3.05) is 72.0 Å². The molecule has 5 fully saturated rings. The average Bonchev–Trinajstić information content (AvgIpc) is 3.48. The smallest absolute Gasteiger partial charge is 0.272 e. The van der Waals surface area contributed by atoms with E-state index in [2.05, 4.69) is 27.3 Å².